The molecule has 0 radical (unpaired) electrons. The Hall–Kier alpha value is -0.870. The van der Waals surface area contributed by atoms with Crippen molar-refractivity contribution >= 4 is 17.2 Å². The highest BCUT2D eigenvalue weighted by molar-refractivity contribution is 7.14. The Bertz CT molecular complexity index is 479. The molecule has 4 heteroatoms. The Morgan fingerprint density at radius 2 is 2.20 bits per heavy atom. The first kappa shape index (κ1) is 14.1. The smallest absolute Gasteiger partial charge is 0.261 e. The van der Waals surface area contributed by atoms with Crippen molar-refractivity contribution in [1.29, 1.82) is 0 Å². The van der Waals surface area contributed by atoms with Gasteiger partial charge in [-0.25, -0.2) is 0 Å². The first-order chi connectivity index (χ1) is 9.56. The summed E-state index contributed by atoms with van der Waals surface area (Å²) >= 11 is 1.62. The van der Waals surface area contributed by atoms with Crippen LogP contribution in [0.25, 0.3) is 0 Å². The fraction of sp³-hybridized carbons (Fsp3) is 0.688. The summed E-state index contributed by atoms with van der Waals surface area (Å²) in [4.78, 5) is 14.4. The SMILES string of the molecule is CC1CCC(O)(CNC(=O)c2cc3c(s2)CCC3)CC1. The summed E-state index contributed by atoms with van der Waals surface area (Å²) in [6, 6.07) is 2.04. The van der Waals surface area contributed by atoms with Crippen molar-refractivity contribution in [3.8, 4) is 0 Å². The predicted molar refractivity (Wildman–Crippen MR) is 81.3 cm³/mol. The van der Waals surface area contributed by atoms with E-state index in [0.717, 1.165) is 43.4 Å². The summed E-state index contributed by atoms with van der Waals surface area (Å²) in [7, 11) is 0. The summed E-state index contributed by atoms with van der Waals surface area (Å²) in [5.74, 6) is 0.683. The first-order valence-corrected chi connectivity index (χ1v) is 8.49. The lowest BCUT2D eigenvalue weighted by atomic mass is 9.79. The molecule has 1 aromatic heterocycles. The minimum Gasteiger partial charge on any atom is -0.388 e. The zero-order valence-corrected chi connectivity index (χ0v) is 12.9. The van der Waals surface area contributed by atoms with Gasteiger partial charge < -0.3 is 10.4 Å². The number of amides is 1. The average molecular weight is 293 g/mol. The van der Waals surface area contributed by atoms with E-state index >= 15 is 0 Å². The zero-order valence-electron chi connectivity index (χ0n) is 12.1. The van der Waals surface area contributed by atoms with Gasteiger partial charge >= 0.3 is 0 Å². The molecule has 1 aromatic rings. The van der Waals surface area contributed by atoms with Crippen LogP contribution < -0.4 is 5.32 Å². The third-order valence-electron chi connectivity index (χ3n) is 4.75. The summed E-state index contributed by atoms with van der Waals surface area (Å²) < 4.78 is 0. The van der Waals surface area contributed by atoms with E-state index in [2.05, 4.69) is 12.2 Å². The lowest BCUT2D eigenvalue weighted by Crippen LogP contribution is -2.45. The molecule has 2 aliphatic carbocycles. The van der Waals surface area contributed by atoms with Crippen molar-refractivity contribution in [2.75, 3.05) is 6.54 Å². The van der Waals surface area contributed by atoms with Crippen LogP contribution in [0.1, 0.15) is 59.1 Å². The van der Waals surface area contributed by atoms with Crippen molar-refractivity contribution in [3.63, 3.8) is 0 Å². The molecule has 0 unspecified atom stereocenters. The van der Waals surface area contributed by atoms with Gasteiger partial charge in [0.1, 0.15) is 0 Å². The summed E-state index contributed by atoms with van der Waals surface area (Å²) in [5.41, 5.74) is 0.660. The van der Waals surface area contributed by atoms with E-state index in [9.17, 15) is 9.90 Å². The maximum Gasteiger partial charge on any atom is 0.261 e. The molecule has 110 valence electrons. The van der Waals surface area contributed by atoms with Crippen molar-refractivity contribution in [2.45, 2.75) is 57.5 Å². The second kappa shape index (κ2) is 5.49. The maximum absolute atomic E-state index is 12.2. The standard InChI is InChI=1S/C16H23NO2S/c1-11-5-7-16(19,8-6-11)10-17-15(18)14-9-12-3-2-4-13(12)20-14/h9,11,19H,2-8,10H2,1H3,(H,17,18). The third kappa shape index (κ3) is 2.91. The van der Waals surface area contributed by atoms with Crippen LogP contribution in [0.4, 0.5) is 0 Å². The minimum absolute atomic E-state index is 0.0172. The number of rotatable bonds is 3. The number of hydrogen-bond donors (Lipinski definition) is 2. The van der Waals surface area contributed by atoms with Gasteiger partial charge in [0.25, 0.3) is 5.91 Å². The van der Waals surface area contributed by atoms with Crippen LogP contribution in [0.2, 0.25) is 0 Å². The molecule has 1 heterocycles. The molecule has 3 nitrogen and oxygen atoms in total. The second-order valence-corrected chi connectivity index (χ2v) is 7.64. The fourth-order valence-electron chi connectivity index (χ4n) is 3.25. The van der Waals surface area contributed by atoms with Gasteiger partial charge in [0, 0.05) is 11.4 Å². The van der Waals surface area contributed by atoms with Gasteiger partial charge in [-0.05, 0) is 62.5 Å². The van der Waals surface area contributed by atoms with Gasteiger partial charge in [-0.2, -0.15) is 0 Å². The fourth-order valence-corrected chi connectivity index (χ4v) is 4.42. The van der Waals surface area contributed by atoms with Crippen LogP contribution in [-0.4, -0.2) is 23.2 Å². The van der Waals surface area contributed by atoms with E-state index in [1.54, 1.807) is 11.3 Å². The van der Waals surface area contributed by atoms with Crippen molar-refractivity contribution in [1.82, 2.24) is 5.32 Å². The van der Waals surface area contributed by atoms with Crippen LogP contribution in [-0.2, 0) is 12.8 Å². The van der Waals surface area contributed by atoms with E-state index in [-0.39, 0.29) is 5.91 Å². The predicted octanol–water partition coefficient (Wildman–Crippen LogP) is 2.91. The summed E-state index contributed by atoms with van der Waals surface area (Å²) in [5, 5.41) is 13.4. The normalized spacial score (nSPS) is 29.2. The molecule has 0 atom stereocenters. The molecule has 2 aliphatic rings. The Morgan fingerprint density at radius 1 is 1.45 bits per heavy atom. The number of aryl methyl sites for hydroxylation is 2. The van der Waals surface area contributed by atoms with E-state index in [4.69, 9.17) is 0 Å². The number of aliphatic hydroxyl groups is 1. The highest BCUT2D eigenvalue weighted by Crippen LogP contribution is 2.32. The van der Waals surface area contributed by atoms with E-state index in [1.165, 1.54) is 16.9 Å². The van der Waals surface area contributed by atoms with Crippen LogP contribution >= 0.6 is 11.3 Å². The molecule has 1 fully saturated rings. The maximum atomic E-state index is 12.2. The molecule has 1 amide bonds. The molecule has 3 rings (SSSR count). The van der Waals surface area contributed by atoms with Gasteiger partial charge in [-0.15, -0.1) is 11.3 Å². The van der Waals surface area contributed by atoms with Crippen LogP contribution in [0.5, 0.6) is 0 Å². The van der Waals surface area contributed by atoms with Gasteiger partial charge in [-0.1, -0.05) is 6.92 Å². The lowest BCUT2D eigenvalue weighted by Gasteiger charge is -2.34. The zero-order chi connectivity index (χ0) is 14.2. The van der Waals surface area contributed by atoms with Crippen LogP contribution in [0.15, 0.2) is 6.07 Å². The van der Waals surface area contributed by atoms with Crippen molar-refractivity contribution < 1.29 is 9.90 Å². The number of fused-ring (bicyclic) bond motifs is 1. The van der Waals surface area contributed by atoms with Gasteiger partial charge in [0.15, 0.2) is 0 Å². The largest absolute Gasteiger partial charge is 0.388 e. The number of hydrogen-bond acceptors (Lipinski definition) is 3. The Labute approximate surface area is 124 Å². The monoisotopic (exact) mass is 293 g/mol. The van der Waals surface area contributed by atoms with E-state index in [0.29, 0.717) is 12.5 Å². The first-order valence-electron chi connectivity index (χ1n) is 7.68. The topological polar surface area (TPSA) is 49.3 Å². The van der Waals surface area contributed by atoms with Gasteiger partial charge in [-0.3, -0.25) is 4.79 Å². The number of nitrogens with one attached hydrogen (secondary N) is 1. The van der Waals surface area contributed by atoms with Crippen LogP contribution in [0, 0.1) is 5.92 Å². The Balaban J connectivity index is 1.56. The van der Waals surface area contributed by atoms with E-state index < -0.39 is 5.60 Å². The summed E-state index contributed by atoms with van der Waals surface area (Å²) in [6.45, 7) is 2.62. The lowest BCUT2D eigenvalue weighted by molar-refractivity contribution is -0.00536. The molecular weight excluding hydrogens is 270 g/mol. The molecule has 0 saturated heterocycles. The number of thiophene rings is 1. The molecule has 0 aliphatic heterocycles. The second-order valence-electron chi connectivity index (χ2n) is 6.50. The molecule has 20 heavy (non-hydrogen) atoms. The van der Waals surface area contributed by atoms with Crippen molar-refractivity contribution in [2.24, 2.45) is 5.92 Å². The van der Waals surface area contributed by atoms with Crippen LogP contribution in [0.3, 0.4) is 0 Å². The quantitative estimate of drug-likeness (QED) is 0.900. The molecule has 0 bridgehead atoms. The molecule has 1 saturated carbocycles. The number of carbonyl (C=O) groups is 1. The molecule has 2 N–H and O–H groups in total. The Kier molecular flexibility index (Phi) is 3.87. The molecule has 0 aromatic carbocycles. The van der Waals surface area contributed by atoms with Gasteiger partial charge in [0.05, 0.1) is 10.5 Å². The Morgan fingerprint density at radius 3 is 2.90 bits per heavy atom. The van der Waals surface area contributed by atoms with Gasteiger partial charge in [0.2, 0.25) is 0 Å². The summed E-state index contributed by atoms with van der Waals surface area (Å²) in [6.07, 6.45) is 7.17. The van der Waals surface area contributed by atoms with E-state index in [1.807, 2.05) is 6.07 Å². The highest BCUT2D eigenvalue weighted by Gasteiger charge is 2.32. The molecule has 0 spiro atoms. The number of carbonyl (C=O) groups excluding carboxylic acids is 1. The third-order valence-corrected chi connectivity index (χ3v) is 5.99. The minimum atomic E-state index is -0.692. The average Bonchev–Trinajstić information content (AvgIpc) is 3.01. The van der Waals surface area contributed by atoms with Crippen molar-refractivity contribution in [3.05, 3.63) is 21.4 Å². The molecular formula is C16H23NO2S. The highest BCUT2D eigenvalue weighted by atomic mass is 32.1.